The summed E-state index contributed by atoms with van der Waals surface area (Å²) in [5, 5.41) is 2.85. The van der Waals surface area contributed by atoms with E-state index in [1.165, 1.54) is 18.3 Å². The summed E-state index contributed by atoms with van der Waals surface area (Å²) in [6.07, 6.45) is -0.0750. The second-order valence-corrected chi connectivity index (χ2v) is 7.86. The van der Waals surface area contributed by atoms with E-state index in [0.29, 0.717) is 19.3 Å². The van der Waals surface area contributed by atoms with Crippen LogP contribution in [0.2, 0.25) is 0 Å². The van der Waals surface area contributed by atoms with Crippen molar-refractivity contribution in [3.05, 3.63) is 71.2 Å². The zero-order valence-corrected chi connectivity index (χ0v) is 17.9. The number of amides is 1. The zero-order valence-electron chi connectivity index (χ0n) is 17.9. The van der Waals surface area contributed by atoms with Gasteiger partial charge in [0.05, 0.1) is 5.56 Å². The fourth-order valence-corrected chi connectivity index (χ4v) is 3.60. The Labute approximate surface area is 191 Å². The van der Waals surface area contributed by atoms with E-state index >= 15 is 0 Å². The summed E-state index contributed by atoms with van der Waals surface area (Å²) in [4.78, 5) is 26.7. The molecule has 3 heterocycles. The minimum atomic E-state index is -4.62. The molecule has 1 fully saturated rings. The molecule has 3 aromatic rings. The highest BCUT2D eigenvalue weighted by Gasteiger charge is 2.31. The Morgan fingerprint density at radius 2 is 1.76 bits per heavy atom. The number of piperidine rings is 1. The molecule has 1 amide bonds. The van der Waals surface area contributed by atoms with Gasteiger partial charge in [0.2, 0.25) is 0 Å². The molecule has 2 aromatic heterocycles. The van der Waals surface area contributed by atoms with Crippen molar-refractivity contribution in [3.8, 4) is 11.4 Å². The second kappa shape index (κ2) is 9.70. The van der Waals surface area contributed by atoms with Crippen molar-refractivity contribution < 1.29 is 26.7 Å². The molecule has 1 aromatic carbocycles. The van der Waals surface area contributed by atoms with Crippen LogP contribution in [0.1, 0.15) is 40.9 Å². The minimum Gasteiger partial charge on any atom is -0.366 e. The lowest BCUT2D eigenvalue weighted by Crippen LogP contribution is -2.36. The second-order valence-electron chi connectivity index (χ2n) is 7.86. The van der Waals surface area contributed by atoms with Gasteiger partial charge >= 0.3 is 6.18 Å². The van der Waals surface area contributed by atoms with E-state index in [0.717, 1.165) is 37.5 Å². The van der Waals surface area contributed by atoms with Gasteiger partial charge in [-0.25, -0.2) is 18.7 Å². The van der Waals surface area contributed by atoms with Crippen molar-refractivity contribution in [1.29, 1.82) is 0 Å². The van der Waals surface area contributed by atoms with Crippen LogP contribution in [0.3, 0.4) is 0 Å². The molecular weight excluding hydrogens is 457 g/mol. The van der Waals surface area contributed by atoms with Gasteiger partial charge in [0, 0.05) is 55.3 Å². The standard InChI is InChI=1S/C23H20F5N5O/c24-17-5-4-14(18(25)9-17)12-30-20-10-19(22(34)33-6-2-1-3-7-33)31-21(32-20)15-8-16(13-29-11-15)23(26,27)28/h4-5,8-11,13H,1-3,6-7,12H2,(H,30,31,32). The number of carbonyl (C=O) groups is 1. The third-order valence-corrected chi connectivity index (χ3v) is 5.39. The van der Waals surface area contributed by atoms with Gasteiger partial charge in [-0.1, -0.05) is 6.07 Å². The van der Waals surface area contributed by atoms with Crippen molar-refractivity contribution in [2.75, 3.05) is 18.4 Å². The molecular formula is C23H20F5N5O. The fraction of sp³-hybridized carbons (Fsp3) is 0.304. The van der Waals surface area contributed by atoms with Gasteiger partial charge in [-0.3, -0.25) is 9.78 Å². The molecule has 1 aliphatic rings. The summed E-state index contributed by atoms with van der Waals surface area (Å²) >= 11 is 0. The molecule has 1 aliphatic heterocycles. The van der Waals surface area contributed by atoms with Crippen LogP contribution in [-0.4, -0.2) is 38.8 Å². The van der Waals surface area contributed by atoms with Crippen LogP contribution in [0.25, 0.3) is 11.4 Å². The monoisotopic (exact) mass is 477 g/mol. The van der Waals surface area contributed by atoms with Gasteiger partial charge in [-0.2, -0.15) is 13.2 Å². The van der Waals surface area contributed by atoms with Gasteiger partial charge in [0.25, 0.3) is 5.91 Å². The summed E-state index contributed by atoms with van der Waals surface area (Å²) in [5.74, 6) is -1.90. The average Bonchev–Trinajstić information content (AvgIpc) is 2.83. The Balaban J connectivity index is 1.69. The SMILES string of the molecule is O=C(c1cc(NCc2ccc(F)cc2F)nc(-c2cncc(C(F)(F)F)c2)n1)N1CCCCC1. The predicted octanol–water partition coefficient (Wildman–Crippen LogP) is 5.07. The number of anilines is 1. The van der Waals surface area contributed by atoms with Crippen LogP contribution < -0.4 is 5.32 Å². The molecule has 1 saturated heterocycles. The molecule has 6 nitrogen and oxygen atoms in total. The molecule has 0 saturated carbocycles. The summed E-state index contributed by atoms with van der Waals surface area (Å²) in [7, 11) is 0. The number of hydrogen-bond donors (Lipinski definition) is 1. The van der Waals surface area contributed by atoms with Crippen LogP contribution in [0, 0.1) is 11.6 Å². The molecule has 1 N–H and O–H groups in total. The molecule has 0 bridgehead atoms. The summed E-state index contributed by atoms with van der Waals surface area (Å²) in [6.45, 7) is 1.00. The van der Waals surface area contributed by atoms with Gasteiger partial charge in [0.1, 0.15) is 23.1 Å². The first-order valence-electron chi connectivity index (χ1n) is 10.6. The molecule has 0 radical (unpaired) electrons. The molecule has 178 valence electrons. The highest BCUT2D eigenvalue weighted by atomic mass is 19.4. The molecule has 4 rings (SSSR count). The lowest BCUT2D eigenvalue weighted by Gasteiger charge is -2.26. The summed E-state index contributed by atoms with van der Waals surface area (Å²) in [6, 6.07) is 5.31. The average molecular weight is 477 g/mol. The number of halogens is 5. The lowest BCUT2D eigenvalue weighted by molar-refractivity contribution is -0.137. The topological polar surface area (TPSA) is 71.0 Å². The first-order chi connectivity index (χ1) is 16.2. The van der Waals surface area contributed by atoms with E-state index < -0.39 is 23.4 Å². The molecule has 34 heavy (non-hydrogen) atoms. The number of hydrogen-bond acceptors (Lipinski definition) is 5. The largest absolute Gasteiger partial charge is 0.417 e. The maximum Gasteiger partial charge on any atom is 0.417 e. The maximum atomic E-state index is 14.0. The normalized spacial score (nSPS) is 14.2. The molecule has 0 unspecified atom stereocenters. The highest BCUT2D eigenvalue weighted by molar-refractivity contribution is 5.93. The van der Waals surface area contributed by atoms with Crippen LogP contribution >= 0.6 is 0 Å². The number of nitrogens with zero attached hydrogens (tertiary/aromatic N) is 4. The van der Waals surface area contributed by atoms with Crippen molar-refractivity contribution in [2.45, 2.75) is 32.0 Å². The number of pyridine rings is 1. The van der Waals surface area contributed by atoms with E-state index in [9.17, 15) is 26.7 Å². The van der Waals surface area contributed by atoms with E-state index in [1.807, 2.05) is 0 Å². The Bertz CT molecular complexity index is 1190. The van der Waals surface area contributed by atoms with Gasteiger partial charge < -0.3 is 10.2 Å². The molecule has 0 spiro atoms. The quantitative estimate of drug-likeness (QED) is 0.520. The first kappa shape index (κ1) is 23.5. The third-order valence-electron chi connectivity index (χ3n) is 5.39. The molecule has 11 heteroatoms. The van der Waals surface area contributed by atoms with Crippen LogP contribution in [-0.2, 0) is 12.7 Å². The summed E-state index contributed by atoms with van der Waals surface area (Å²) < 4.78 is 66.7. The number of benzene rings is 1. The van der Waals surface area contributed by atoms with E-state index in [1.54, 1.807) is 4.90 Å². The Morgan fingerprint density at radius 3 is 2.47 bits per heavy atom. The van der Waals surface area contributed by atoms with Crippen molar-refractivity contribution >= 4 is 11.7 Å². The zero-order chi connectivity index (χ0) is 24.3. The number of nitrogens with one attached hydrogen (secondary N) is 1. The number of carbonyl (C=O) groups excluding carboxylic acids is 1. The van der Waals surface area contributed by atoms with Crippen molar-refractivity contribution in [3.63, 3.8) is 0 Å². The molecule has 0 atom stereocenters. The maximum absolute atomic E-state index is 14.0. The van der Waals surface area contributed by atoms with Crippen molar-refractivity contribution in [2.24, 2.45) is 0 Å². The van der Waals surface area contributed by atoms with Crippen LogP contribution in [0.4, 0.5) is 27.8 Å². The number of aromatic nitrogens is 3. The summed E-state index contributed by atoms with van der Waals surface area (Å²) in [5.41, 5.74) is -0.874. The minimum absolute atomic E-state index is 0.00797. The number of likely N-dealkylation sites (tertiary alicyclic amines) is 1. The smallest absolute Gasteiger partial charge is 0.366 e. The van der Waals surface area contributed by atoms with Gasteiger partial charge in [-0.15, -0.1) is 0 Å². The van der Waals surface area contributed by atoms with Crippen LogP contribution in [0.5, 0.6) is 0 Å². The van der Waals surface area contributed by atoms with Crippen molar-refractivity contribution in [1.82, 2.24) is 19.9 Å². The predicted molar refractivity (Wildman–Crippen MR) is 114 cm³/mol. The van der Waals surface area contributed by atoms with E-state index in [-0.39, 0.29) is 40.9 Å². The number of rotatable bonds is 5. The third kappa shape index (κ3) is 5.46. The lowest BCUT2D eigenvalue weighted by atomic mass is 10.1. The molecule has 0 aliphatic carbocycles. The van der Waals surface area contributed by atoms with E-state index in [4.69, 9.17) is 0 Å². The van der Waals surface area contributed by atoms with E-state index in [2.05, 4.69) is 20.3 Å². The van der Waals surface area contributed by atoms with Gasteiger partial charge in [0.15, 0.2) is 5.82 Å². The Morgan fingerprint density at radius 1 is 1.00 bits per heavy atom. The van der Waals surface area contributed by atoms with Gasteiger partial charge in [-0.05, 0) is 31.4 Å². The van der Waals surface area contributed by atoms with Crippen LogP contribution in [0.15, 0.2) is 42.7 Å². The Kier molecular flexibility index (Phi) is 6.71. The number of alkyl halides is 3. The fourth-order valence-electron chi connectivity index (χ4n) is 3.60. The first-order valence-corrected chi connectivity index (χ1v) is 10.6. The highest BCUT2D eigenvalue weighted by Crippen LogP contribution is 2.31. The Hall–Kier alpha value is -3.63.